The average Bonchev–Trinajstić information content (AvgIpc) is 3.13. The highest BCUT2D eigenvalue weighted by atomic mass is 16.5. The minimum atomic E-state index is -0.229. The lowest BCUT2D eigenvalue weighted by atomic mass is 10.1. The molecule has 6 nitrogen and oxygen atoms in total. The summed E-state index contributed by atoms with van der Waals surface area (Å²) < 4.78 is 5.41. The largest absolute Gasteiger partial charge is 0.338 e. The number of amides is 2. The molecule has 6 heteroatoms. The summed E-state index contributed by atoms with van der Waals surface area (Å²) >= 11 is 0. The van der Waals surface area contributed by atoms with Gasteiger partial charge in [-0.15, -0.1) is 0 Å². The summed E-state index contributed by atoms with van der Waals surface area (Å²) in [5.41, 5.74) is 4.73. The topological polar surface area (TPSA) is 80.0 Å². The third-order valence-corrected chi connectivity index (χ3v) is 4.09. The summed E-state index contributed by atoms with van der Waals surface area (Å²) in [7, 11) is 0. The number of anilines is 1. The van der Waals surface area contributed by atoms with Crippen molar-refractivity contribution < 1.29 is 9.32 Å². The van der Waals surface area contributed by atoms with Crippen LogP contribution in [0, 0.1) is 13.8 Å². The van der Waals surface area contributed by atoms with E-state index in [2.05, 4.69) is 34.6 Å². The van der Waals surface area contributed by atoms with E-state index < -0.39 is 0 Å². The maximum absolute atomic E-state index is 11.8. The Hall–Kier alpha value is -3.15. The number of benzene rings is 2. The van der Waals surface area contributed by atoms with Gasteiger partial charge in [-0.05, 0) is 55.7 Å². The number of hydrogen-bond donors (Lipinski definition) is 2. The van der Waals surface area contributed by atoms with E-state index in [1.165, 1.54) is 11.1 Å². The molecule has 0 fully saturated rings. The molecule has 1 aromatic heterocycles. The van der Waals surface area contributed by atoms with Crippen molar-refractivity contribution in [1.29, 1.82) is 0 Å². The van der Waals surface area contributed by atoms with Gasteiger partial charge < -0.3 is 15.2 Å². The predicted octanol–water partition coefficient (Wildman–Crippen LogP) is 4.55. The molecule has 1 heterocycles. The van der Waals surface area contributed by atoms with Crippen molar-refractivity contribution >= 4 is 11.7 Å². The van der Waals surface area contributed by atoms with Gasteiger partial charge in [-0.1, -0.05) is 30.3 Å². The van der Waals surface area contributed by atoms with Crippen LogP contribution in [0.15, 0.2) is 47.0 Å². The fourth-order valence-electron chi connectivity index (χ4n) is 2.48. The van der Waals surface area contributed by atoms with E-state index in [0.29, 0.717) is 23.9 Å². The molecule has 0 radical (unpaired) electrons. The Bertz CT molecular complexity index is 918. The van der Waals surface area contributed by atoms with Gasteiger partial charge in [0, 0.05) is 23.4 Å². The van der Waals surface area contributed by atoms with Gasteiger partial charge in [0.15, 0.2) is 0 Å². The van der Waals surface area contributed by atoms with E-state index in [-0.39, 0.29) is 6.03 Å². The smallest absolute Gasteiger partial charge is 0.319 e. The van der Waals surface area contributed by atoms with Crippen LogP contribution in [0.5, 0.6) is 0 Å². The Kier molecular flexibility index (Phi) is 5.31. The summed E-state index contributed by atoms with van der Waals surface area (Å²) in [6, 6.07) is 13.2. The molecule has 0 unspecified atom stereocenters. The van der Waals surface area contributed by atoms with Crippen molar-refractivity contribution in [2.45, 2.75) is 27.2 Å². The molecule has 134 valence electrons. The average molecular weight is 350 g/mol. The summed E-state index contributed by atoms with van der Waals surface area (Å²) in [5.74, 6) is 0.956. The fraction of sp³-hybridized carbons (Fsp3) is 0.250. The number of urea groups is 1. The Morgan fingerprint density at radius 3 is 2.69 bits per heavy atom. The molecule has 0 bridgehead atoms. The molecule has 0 atom stereocenters. The van der Waals surface area contributed by atoms with Crippen LogP contribution in [-0.2, 0) is 0 Å². The van der Waals surface area contributed by atoms with Crippen LogP contribution in [0.1, 0.15) is 24.5 Å². The molecular weight excluding hydrogens is 328 g/mol. The predicted molar refractivity (Wildman–Crippen MR) is 102 cm³/mol. The van der Waals surface area contributed by atoms with Gasteiger partial charge in [0.05, 0.1) is 0 Å². The molecule has 3 rings (SSSR count). The Morgan fingerprint density at radius 2 is 1.92 bits per heavy atom. The van der Waals surface area contributed by atoms with Crippen LogP contribution in [0.25, 0.3) is 22.8 Å². The van der Waals surface area contributed by atoms with Crippen LogP contribution in [0.2, 0.25) is 0 Å². The van der Waals surface area contributed by atoms with Gasteiger partial charge in [0.2, 0.25) is 5.82 Å². The highest BCUT2D eigenvalue weighted by molar-refractivity contribution is 5.89. The SMILES string of the molecule is CCCNC(=O)Nc1cccc(-c2noc(-c3ccc(C)c(C)c3)n2)c1. The second-order valence-corrected chi connectivity index (χ2v) is 6.18. The minimum absolute atomic E-state index is 0.229. The van der Waals surface area contributed by atoms with E-state index in [9.17, 15) is 4.79 Å². The molecule has 2 amide bonds. The standard InChI is InChI=1S/C20H22N4O2/c1-4-10-21-20(25)22-17-7-5-6-15(12-17)18-23-19(26-24-18)16-9-8-13(2)14(3)11-16/h5-9,11-12H,4,10H2,1-3H3,(H2,21,22,25). The number of hydrogen-bond acceptors (Lipinski definition) is 4. The highest BCUT2D eigenvalue weighted by Gasteiger charge is 2.12. The van der Waals surface area contributed by atoms with Crippen LogP contribution in [-0.4, -0.2) is 22.7 Å². The minimum Gasteiger partial charge on any atom is -0.338 e. The number of nitrogens with zero attached hydrogens (tertiary/aromatic N) is 2. The Balaban J connectivity index is 1.79. The Morgan fingerprint density at radius 1 is 1.08 bits per heavy atom. The first-order chi connectivity index (χ1) is 12.6. The second kappa shape index (κ2) is 7.82. The van der Waals surface area contributed by atoms with Crippen LogP contribution in [0.4, 0.5) is 10.5 Å². The van der Waals surface area contributed by atoms with E-state index >= 15 is 0 Å². The van der Waals surface area contributed by atoms with Gasteiger partial charge in [-0.2, -0.15) is 4.98 Å². The van der Waals surface area contributed by atoms with Gasteiger partial charge in [-0.3, -0.25) is 0 Å². The van der Waals surface area contributed by atoms with Gasteiger partial charge >= 0.3 is 6.03 Å². The molecule has 0 aliphatic rings. The lowest BCUT2D eigenvalue weighted by molar-refractivity contribution is 0.252. The van der Waals surface area contributed by atoms with Crippen LogP contribution < -0.4 is 10.6 Å². The van der Waals surface area contributed by atoms with E-state index in [0.717, 1.165) is 17.5 Å². The number of carbonyl (C=O) groups is 1. The number of aryl methyl sites for hydroxylation is 2. The fourth-order valence-corrected chi connectivity index (χ4v) is 2.48. The number of aromatic nitrogens is 2. The molecule has 0 saturated heterocycles. The zero-order valence-electron chi connectivity index (χ0n) is 15.2. The highest BCUT2D eigenvalue weighted by Crippen LogP contribution is 2.25. The normalized spacial score (nSPS) is 10.6. The number of rotatable bonds is 5. The van der Waals surface area contributed by atoms with Gasteiger partial charge in [0.1, 0.15) is 0 Å². The Labute approximate surface area is 152 Å². The lowest BCUT2D eigenvalue weighted by Gasteiger charge is -2.07. The molecular formula is C20H22N4O2. The first-order valence-corrected chi connectivity index (χ1v) is 8.63. The number of nitrogens with one attached hydrogen (secondary N) is 2. The third-order valence-electron chi connectivity index (χ3n) is 4.09. The maximum atomic E-state index is 11.8. The van der Waals surface area contributed by atoms with E-state index in [4.69, 9.17) is 4.52 Å². The van der Waals surface area contributed by atoms with E-state index in [1.807, 2.05) is 49.4 Å². The third kappa shape index (κ3) is 4.08. The van der Waals surface area contributed by atoms with Crippen molar-refractivity contribution in [1.82, 2.24) is 15.5 Å². The molecule has 2 N–H and O–H groups in total. The zero-order chi connectivity index (χ0) is 18.5. The second-order valence-electron chi connectivity index (χ2n) is 6.18. The first kappa shape index (κ1) is 17.7. The molecule has 3 aromatic rings. The van der Waals surface area contributed by atoms with E-state index in [1.54, 1.807) is 0 Å². The lowest BCUT2D eigenvalue weighted by Crippen LogP contribution is -2.29. The molecule has 26 heavy (non-hydrogen) atoms. The van der Waals surface area contributed by atoms with Crippen LogP contribution in [0.3, 0.4) is 0 Å². The number of carbonyl (C=O) groups excluding carboxylic acids is 1. The summed E-state index contributed by atoms with van der Waals surface area (Å²) in [6.45, 7) is 6.75. The molecule has 0 saturated carbocycles. The van der Waals surface area contributed by atoms with Crippen molar-refractivity contribution in [3.8, 4) is 22.8 Å². The summed E-state index contributed by atoms with van der Waals surface area (Å²) in [4.78, 5) is 16.3. The van der Waals surface area contributed by atoms with Crippen molar-refractivity contribution in [2.24, 2.45) is 0 Å². The molecule has 0 aliphatic carbocycles. The van der Waals surface area contributed by atoms with Crippen molar-refractivity contribution in [3.63, 3.8) is 0 Å². The van der Waals surface area contributed by atoms with Gasteiger partial charge in [-0.25, -0.2) is 4.79 Å². The molecule has 0 spiro atoms. The van der Waals surface area contributed by atoms with Gasteiger partial charge in [0.25, 0.3) is 5.89 Å². The summed E-state index contributed by atoms with van der Waals surface area (Å²) in [6.07, 6.45) is 0.886. The monoisotopic (exact) mass is 350 g/mol. The molecule has 2 aromatic carbocycles. The summed E-state index contributed by atoms with van der Waals surface area (Å²) in [5, 5.41) is 9.65. The van der Waals surface area contributed by atoms with Crippen LogP contribution >= 0.6 is 0 Å². The van der Waals surface area contributed by atoms with Crippen molar-refractivity contribution in [2.75, 3.05) is 11.9 Å². The van der Waals surface area contributed by atoms with Crippen molar-refractivity contribution in [3.05, 3.63) is 53.6 Å². The quantitative estimate of drug-likeness (QED) is 0.707. The zero-order valence-corrected chi connectivity index (χ0v) is 15.2. The molecule has 0 aliphatic heterocycles. The first-order valence-electron chi connectivity index (χ1n) is 8.63. The maximum Gasteiger partial charge on any atom is 0.319 e.